The summed E-state index contributed by atoms with van der Waals surface area (Å²) in [4.78, 5) is 20.4. The Labute approximate surface area is 213 Å². The van der Waals surface area contributed by atoms with Crippen LogP contribution in [0.2, 0.25) is 0 Å². The van der Waals surface area contributed by atoms with Gasteiger partial charge in [-0.1, -0.05) is 0 Å². The zero-order valence-corrected chi connectivity index (χ0v) is 20.4. The molecule has 1 atom stereocenters. The van der Waals surface area contributed by atoms with Gasteiger partial charge in [0.05, 0.1) is 28.9 Å². The van der Waals surface area contributed by atoms with E-state index in [1.165, 1.54) is 12.7 Å². The number of nitrogen functional groups attached to an aromatic ring is 1. The lowest BCUT2D eigenvalue weighted by Gasteiger charge is -2.32. The number of fused-ring (bicyclic) bond motifs is 2. The molecule has 0 radical (unpaired) electrons. The van der Waals surface area contributed by atoms with Crippen LogP contribution in [-0.4, -0.2) is 44.2 Å². The average Bonchev–Trinajstić information content (AvgIpc) is 3.55. The van der Waals surface area contributed by atoms with E-state index in [0.717, 1.165) is 82.9 Å². The van der Waals surface area contributed by atoms with Crippen molar-refractivity contribution in [3.05, 3.63) is 72.4 Å². The molecule has 0 unspecified atom stereocenters. The lowest BCUT2D eigenvalue weighted by molar-refractivity contribution is 0.113. The van der Waals surface area contributed by atoms with Gasteiger partial charge in [-0.2, -0.15) is 0 Å². The Balaban J connectivity index is 1.16. The van der Waals surface area contributed by atoms with Crippen molar-refractivity contribution >= 4 is 33.6 Å². The summed E-state index contributed by atoms with van der Waals surface area (Å²) in [5.74, 6) is 2.27. The van der Waals surface area contributed by atoms with Crippen molar-refractivity contribution in [2.75, 3.05) is 30.3 Å². The van der Waals surface area contributed by atoms with Gasteiger partial charge in [0.15, 0.2) is 0 Å². The van der Waals surface area contributed by atoms with Gasteiger partial charge in [-0.05, 0) is 49.6 Å². The second-order valence-corrected chi connectivity index (χ2v) is 9.62. The maximum absolute atomic E-state index is 6.27. The van der Waals surface area contributed by atoms with Gasteiger partial charge in [0, 0.05) is 54.7 Å². The molecule has 2 saturated heterocycles. The topological polar surface area (TPSA) is 104 Å². The quantitative estimate of drug-likeness (QED) is 0.366. The molecule has 9 nitrogen and oxygen atoms in total. The maximum atomic E-state index is 6.27. The number of pyridine rings is 2. The highest BCUT2D eigenvalue weighted by Gasteiger charge is 2.25. The second kappa shape index (κ2) is 9.01. The zero-order valence-electron chi connectivity index (χ0n) is 20.4. The van der Waals surface area contributed by atoms with E-state index >= 15 is 0 Å². The summed E-state index contributed by atoms with van der Waals surface area (Å²) in [6.45, 7) is 3.28. The predicted molar refractivity (Wildman–Crippen MR) is 142 cm³/mol. The average molecular weight is 494 g/mol. The summed E-state index contributed by atoms with van der Waals surface area (Å²) in [7, 11) is 0. The molecule has 0 saturated carbocycles. The summed E-state index contributed by atoms with van der Waals surface area (Å²) < 4.78 is 14.1. The first kappa shape index (κ1) is 22.0. The van der Waals surface area contributed by atoms with Crippen LogP contribution < -0.4 is 15.4 Å². The molecule has 2 aliphatic heterocycles. The summed E-state index contributed by atoms with van der Waals surface area (Å²) >= 11 is 0. The normalized spacial score (nSPS) is 17.4. The van der Waals surface area contributed by atoms with Crippen LogP contribution in [0.25, 0.3) is 27.6 Å². The van der Waals surface area contributed by atoms with Crippen molar-refractivity contribution in [2.24, 2.45) is 0 Å². The molecule has 37 heavy (non-hydrogen) atoms. The van der Waals surface area contributed by atoms with Crippen molar-refractivity contribution in [1.29, 1.82) is 0 Å². The van der Waals surface area contributed by atoms with Gasteiger partial charge in [-0.15, -0.1) is 0 Å². The van der Waals surface area contributed by atoms with Crippen molar-refractivity contribution < 1.29 is 9.47 Å². The standard InChI is InChI=1S/C28H27N7O2/c29-27-26-22(24-3-1-10-36-24)15-35(28(26)32-17-31-27)20-11-18(13-30-14-20)16-37-21-6-4-19-5-7-25(33-23(19)12-21)34-8-2-9-34/h4-7,11-15,17,24H,1-3,8-10,16H2,(H2,29,31,32)/t24-/m1/s1. The lowest BCUT2D eigenvalue weighted by Crippen LogP contribution is -2.37. The summed E-state index contributed by atoms with van der Waals surface area (Å²) in [5.41, 5.74) is 10.8. The largest absolute Gasteiger partial charge is 0.489 e. The fourth-order valence-corrected chi connectivity index (χ4v) is 5.13. The Bertz CT molecular complexity index is 1610. The van der Waals surface area contributed by atoms with Crippen molar-refractivity contribution in [2.45, 2.75) is 32.0 Å². The Kier molecular flexibility index (Phi) is 5.35. The van der Waals surface area contributed by atoms with Crippen LogP contribution in [0.1, 0.15) is 36.5 Å². The molecule has 6 heterocycles. The van der Waals surface area contributed by atoms with Gasteiger partial charge in [0.25, 0.3) is 0 Å². The fraction of sp³-hybridized carbons (Fsp3) is 0.286. The van der Waals surface area contributed by atoms with Crippen LogP contribution in [0.3, 0.4) is 0 Å². The molecule has 0 spiro atoms. The van der Waals surface area contributed by atoms with Gasteiger partial charge in [-0.3, -0.25) is 9.55 Å². The number of anilines is 2. The highest BCUT2D eigenvalue weighted by atomic mass is 16.5. The first-order chi connectivity index (χ1) is 18.2. The van der Waals surface area contributed by atoms with E-state index in [-0.39, 0.29) is 6.10 Å². The molecule has 2 N–H and O–H groups in total. The molecule has 186 valence electrons. The lowest BCUT2D eigenvalue weighted by atomic mass is 10.1. The minimum Gasteiger partial charge on any atom is -0.489 e. The molecule has 2 aliphatic rings. The maximum Gasteiger partial charge on any atom is 0.150 e. The third kappa shape index (κ3) is 4.01. The highest BCUT2D eigenvalue weighted by Crippen LogP contribution is 2.37. The van der Waals surface area contributed by atoms with Crippen molar-refractivity contribution in [3.8, 4) is 11.4 Å². The first-order valence-electron chi connectivity index (χ1n) is 12.7. The van der Waals surface area contributed by atoms with Crippen molar-refractivity contribution in [3.63, 3.8) is 0 Å². The Morgan fingerprint density at radius 2 is 1.97 bits per heavy atom. The summed E-state index contributed by atoms with van der Waals surface area (Å²) in [6, 6.07) is 12.3. The van der Waals surface area contributed by atoms with Crippen LogP contribution in [0, 0.1) is 0 Å². The van der Waals surface area contributed by atoms with Gasteiger partial charge in [-0.25, -0.2) is 15.0 Å². The number of hydrogen-bond donors (Lipinski definition) is 1. The molecular formula is C28H27N7O2. The Morgan fingerprint density at radius 1 is 1.05 bits per heavy atom. The minimum absolute atomic E-state index is 0.000328. The smallest absolute Gasteiger partial charge is 0.150 e. The number of ether oxygens (including phenoxy) is 2. The van der Waals surface area contributed by atoms with Crippen LogP contribution in [0.5, 0.6) is 5.75 Å². The molecule has 0 amide bonds. The number of rotatable bonds is 6. The van der Waals surface area contributed by atoms with E-state index in [2.05, 4.69) is 50.3 Å². The highest BCUT2D eigenvalue weighted by molar-refractivity contribution is 5.91. The molecule has 5 aromatic rings. The van der Waals surface area contributed by atoms with Crippen LogP contribution in [-0.2, 0) is 11.3 Å². The fourth-order valence-electron chi connectivity index (χ4n) is 5.13. The monoisotopic (exact) mass is 493 g/mol. The zero-order chi connectivity index (χ0) is 24.8. The minimum atomic E-state index is -0.000328. The van der Waals surface area contributed by atoms with Crippen molar-refractivity contribution in [1.82, 2.24) is 24.5 Å². The first-order valence-corrected chi connectivity index (χ1v) is 12.7. The molecule has 2 fully saturated rings. The third-order valence-electron chi connectivity index (χ3n) is 7.21. The Morgan fingerprint density at radius 3 is 2.81 bits per heavy atom. The molecule has 0 bridgehead atoms. The van der Waals surface area contributed by atoms with Gasteiger partial charge >= 0.3 is 0 Å². The molecule has 7 rings (SSSR count). The number of benzene rings is 1. The molecular weight excluding hydrogens is 466 g/mol. The Hall–Kier alpha value is -4.24. The number of nitrogens with two attached hydrogens (primary N) is 1. The molecule has 1 aromatic carbocycles. The second-order valence-electron chi connectivity index (χ2n) is 9.62. The molecule has 4 aromatic heterocycles. The summed E-state index contributed by atoms with van der Waals surface area (Å²) in [5, 5.41) is 1.94. The van der Waals surface area contributed by atoms with Crippen LogP contribution >= 0.6 is 0 Å². The third-order valence-corrected chi connectivity index (χ3v) is 7.21. The van der Waals surface area contributed by atoms with Gasteiger partial charge in [0.2, 0.25) is 0 Å². The number of hydrogen-bond acceptors (Lipinski definition) is 8. The van der Waals surface area contributed by atoms with E-state index < -0.39 is 0 Å². The SMILES string of the molecule is Nc1ncnc2c1c([C@H]1CCCO1)cn2-c1cncc(COc2ccc3ccc(N4CCC4)nc3c2)c1. The van der Waals surface area contributed by atoms with Crippen LogP contribution in [0.4, 0.5) is 11.6 Å². The predicted octanol–water partition coefficient (Wildman–Crippen LogP) is 4.59. The van der Waals surface area contributed by atoms with Crippen LogP contribution in [0.15, 0.2) is 61.3 Å². The van der Waals surface area contributed by atoms with E-state index in [1.807, 2.05) is 29.1 Å². The molecule has 0 aliphatic carbocycles. The number of aromatic nitrogens is 5. The van der Waals surface area contributed by atoms with E-state index in [0.29, 0.717) is 12.4 Å². The summed E-state index contributed by atoms with van der Waals surface area (Å²) in [6.07, 6.45) is 10.4. The van der Waals surface area contributed by atoms with E-state index in [1.54, 1.807) is 0 Å². The van der Waals surface area contributed by atoms with E-state index in [9.17, 15) is 0 Å². The number of nitrogens with zero attached hydrogens (tertiary/aromatic N) is 6. The van der Waals surface area contributed by atoms with E-state index in [4.69, 9.17) is 20.2 Å². The van der Waals surface area contributed by atoms with Gasteiger partial charge in [0.1, 0.15) is 36.0 Å². The van der Waals surface area contributed by atoms with Gasteiger partial charge < -0.3 is 20.1 Å². The molecule has 9 heteroatoms.